The molecule has 0 atom stereocenters. The number of pyridine rings is 1. The van der Waals surface area contributed by atoms with Crippen LogP contribution in [0.2, 0.25) is 0 Å². The maximum Gasteiger partial charge on any atom is 0.267 e. The summed E-state index contributed by atoms with van der Waals surface area (Å²) in [6, 6.07) is 1.35. The summed E-state index contributed by atoms with van der Waals surface area (Å²) in [5.41, 5.74) is 0.699. The second kappa shape index (κ2) is 9.86. The largest absolute Gasteiger partial charge is 0.496 e. The Hall–Kier alpha value is -3.01. The Balaban J connectivity index is 1.59. The van der Waals surface area contributed by atoms with Crippen LogP contribution < -0.4 is 25.1 Å². The van der Waals surface area contributed by atoms with Gasteiger partial charge in [-0.05, 0) is 12.3 Å². The maximum absolute atomic E-state index is 13.3. The first kappa shape index (κ1) is 23.2. The number of amides is 2. The lowest BCUT2D eigenvalue weighted by atomic mass is 10.1. The summed E-state index contributed by atoms with van der Waals surface area (Å²) in [7, 11) is 1.45. The standard InChI is InChI=1S/C23H29N3O6S/c1-14(2)4-6-24-22(28)19-15-5-7-25(8-9-26(15)18(27)12-16(19)30-3)23(29)21-20-17(13-33-21)31-10-11-32-20/h12-14H,4-11H2,1-3H3,(H,24,28). The molecule has 2 amide bonds. The third kappa shape index (κ3) is 4.71. The number of rotatable bonds is 6. The van der Waals surface area contributed by atoms with Gasteiger partial charge in [0.2, 0.25) is 0 Å². The van der Waals surface area contributed by atoms with E-state index in [0.717, 1.165) is 6.42 Å². The molecule has 2 aliphatic rings. The molecular formula is C23H29N3O6S. The van der Waals surface area contributed by atoms with Crippen LogP contribution in [-0.2, 0) is 13.0 Å². The van der Waals surface area contributed by atoms with Gasteiger partial charge < -0.3 is 29.0 Å². The smallest absolute Gasteiger partial charge is 0.267 e. The van der Waals surface area contributed by atoms with Crippen molar-refractivity contribution in [2.24, 2.45) is 5.92 Å². The number of methoxy groups -OCH3 is 1. The van der Waals surface area contributed by atoms with Crippen molar-refractivity contribution in [3.8, 4) is 17.2 Å². The molecule has 0 aliphatic carbocycles. The number of aromatic nitrogens is 1. The number of fused-ring (bicyclic) bond motifs is 2. The summed E-state index contributed by atoms with van der Waals surface area (Å²) in [5, 5.41) is 4.72. The van der Waals surface area contributed by atoms with Gasteiger partial charge in [-0.25, -0.2) is 0 Å². The van der Waals surface area contributed by atoms with E-state index in [0.29, 0.717) is 79.4 Å². The molecule has 33 heavy (non-hydrogen) atoms. The number of carbonyl (C=O) groups is 2. The Kier molecular flexibility index (Phi) is 6.92. The third-order valence-corrected chi connectivity index (χ3v) is 6.76. The van der Waals surface area contributed by atoms with Crippen molar-refractivity contribution in [3.05, 3.63) is 37.9 Å². The Morgan fingerprint density at radius 2 is 2.00 bits per heavy atom. The number of ether oxygens (including phenoxy) is 3. The Morgan fingerprint density at radius 1 is 1.21 bits per heavy atom. The van der Waals surface area contributed by atoms with Crippen LogP contribution in [0, 0.1) is 5.92 Å². The van der Waals surface area contributed by atoms with E-state index in [-0.39, 0.29) is 23.1 Å². The zero-order chi connectivity index (χ0) is 23.5. The summed E-state index contributed by atoms with van der Waals surface area (Å²) in [4.78, 5) is 41.3. The van der Waals surface area contributed by atoms with E-state index in [4.69, 9.17) is 14.2 Å². The normalized spacial score (nSPS) is 15.1. The molecule has 1 N–H and O–H groups in total. The van der Waals surface area contributed by atoms with Crippen LogP contribution in [0.5, 0.6) is 17.2 Å². The summed E-state index contributed by atoms with van der Waals surface area (Å²) in [5.74, 6) is 1.36. The fourth-order valence-corrected chi connectivity index (χ4v) is 4.97. The van der Waals surface area contributed by atoms with Crippen molar-refractivity contribution in [1.29, 1.82) is 0 Å². The number of carbonyl (C=O) groups excluding carboxylic acids is 2. The lowest BCUT2D eigenvalue weighted by molar-refractivity contribution is 0.0755. The quantitative estimate of drug-likeness (QED) is 0.688. The van der Waals surface area contributed by atoms with Gasteiger partial charge in [0.1, 0.15) is 29.4 Å². The molecule has 2 aliphatic heterocycles. The monoisotopic (exact) mass is 475 g/mol. The molecule has 0 saturated carbocycles. The molecule has 0 bridgehead atoms. The fourth-order valence-electron chi connectivity index (χ4n) is 4.07. The maximum atomic E-state index is 13.3. The summed E-state index contributed by atoms with van der Waals surface area (Å²) >= 11 is 1.29. The van der Waals surface area contributed by atoms with Crippen molar-refractivity contribution in [2.75, 3.05) is 40.0 Å². The molecule has 0 spiro atoms. The van der Waals surface area contributed by atoms with Crippen LogP contribution in [0.1, 0.15) is 46.0 Å². The average Bonchev–Trinajstić information content (AvgIpc) is 3.10. The van der Waals surface area contributed by atoms with E-state index in [1.807, 2.05) is 0 Å². The van der Waals surface area contributed by atoms with E-state index in [9.17, 15) is 14.4 Å². The van der Waals surface area contributed by atoms with Crippen molar-refractivity contribution >= 4 is 23.2 Å². The molecule has 0 fully saturated rings. The lowest BCUT2D eigenvalue weighted by Crippen LogP contribution is -2.34. The highest BCUT2D eigenvalue weighted by atomic mass is 32.1. The lowest BCUT2D eigenvalue weighted by Gasteiger charge is -2.21. The molecule has 2 aromatic heterocycles. The van der Waals surface area contributed by atoms with Crippen LogP contribution in [0.15, 0.2) is 16.2 Å². The summed E-state index contributed by atoms with van der Waals surface area (Å²) in [6.07, 6.45) is 1.21. The third-order valence-electron chi connectivity index (χ3n) is 5.83. The van der Waals surface area contributed by atoms with E-state index >= 15 is 0 Å². The van der Waals surface area contributed by atoms with E-state index in [2.05, 4.69) is 19.2 Å². The highest BCUT2D eigenvalue weighted by Gasteiger charge is 2.30. The van der Waals surface area contributed by atoms with E-state index in [1.54, 1.807) is 14.8 Å². The second-order valence-corrected chi connectivity index (χ2v) is 9.34. The number of hydrogen-bond acceptors (Lipinski definition) is 7. The number of nitrogens with one attached hydrogen (secondary N) is 1. The van der Waals surface area contributed by atoms with Crippen molar-refractivity contribution in [1.82, 2.24) is 14.8 Å². The zero-order valence-electron chi connectivity index (χ0n) is 19.1. The predicted octanol–water partition coefficient (Wildman–Crippen LogP) is 2.16. The first-order valence-corrected chi connectivity index (χ1v) is 12.0. The van der Waals surface area contributed by atoms with Crippen molar-refractivity contribution in [2.45, 2.75) is 33.2 Å². The van der Waals surface area contributed by atoms with Gasteiger partial charge >= 0.3 is 0 Å². The molecule has 10 heteroatoms. The number of hydrogen-bond donors (Lipinski definition) is 1. The Labute approximate surface area is 196 Å². The molecule has 2 aromatic rings. The van der Waals surface area contributed by atoms with Crippen LogP contribution in [-0.4, -0.2) is 61.2 Å². The highest BCUT2D eigenvalue weighted by Crippen LogP contribution is 2.40. The zero-order valence-corrected chi connectivity index (χ0v) is 20.0. The first-order chi connectivity index (χ1) is 15.9. The van der Waals surface area contributed by atoms with Gasteiger partial charge in [0.15, 0.2) is 11.5 Å². The minimum Gasteiger partial charge on any atom is -0.496 e. The average molecular weight is 476 g/mol. The second-order valence-electron chi connectivity index (χ2n) is 8.46. The molecule has 9 nitrogen and oxygen atoms in total. The molecule has 4 rings (SSSR count). The predicted molar refractivity (Wildman–Crippen MR) is 124 cm³/mol. The van der Waals surface area contributed by atoms with Crippen molar-refractivity contribution in [3.63, 3.8) is 0 Å². The first-order valence-electron chi connectivity index (χ1n) is 11.2. The van der Waals surface area contributed by atoms with Gasteiger partial charge in [0.25, 0.3) is 17.4 Å². The summed E-state index contributed by atoms with van der Waals surface area (Å²) in [6.45, 7) is 6.59. The number of nitrogens with zero attached hydrogens (tertiary/aromatic N) is 2. The summed E-state index contributed by atoms with van der Waals surface area (Å²) < 4.78 is 18.2. The van der Waals surface area contributed by atoms with Crippen LogP contribution in [0.4, 0.5) is 0 Å². The van der Waals surface area contributed by atoms with Gasteiger partial charge in [-0.3, -0.25) is 14.4 Å². The molecule has 0 aromatic carbocycles. The topological polar surface area (TPSA) is 99.1 Å². The SMILES string of the molecule is COc1cc(=O)n2c(c1C(=O)NCCC(C)C)CCN(C(=O)c1scc3c1OCCO3)CC2. The number of thiophene rings is 1. The van der Waals surface area contributed by atoms with Crippen LogP contribution in [0.25, 0.3) is 0 Å². The molecular weight excluding hydrogens is 446 g/mol. The Morgan fingerprint density at radius 3 is 2.76 bits per heavy atom. The van der Waals surface area contributed by atoms with Gasteiger partial charge in [-0.15, -0.1) is 11.3 Å². The minimum atomic E-state index is -0.270. The van der Waals surface area contributed by atoms with E-state index in [1.165, 1.54) is 24.5 Å². The van der Waals surface area contributed by atoms with Gasteiger partial charge in [0.05, 0.1) is 7.11 Å². The van der Waals surface area contributed by atoms with Gasteiger partial charge in [-0.1, -0.05) is 13.8 Å². The minimum absolute atomic E-state index is 0.164. The van der Waals surface area contributed by atoms with Gasteiger partial charge in [-0.2, -0.15) is 0 Å². The molecule has 0 radical (unpaired) electrons. The van der Waals surface area contributed by atoms with Crippen LogP contribution >= 0.6 is 11.3 Å². The molecule has 4 heterocycles. The van der Waals surface area contributed by atoms with Crippen LogP contribution in [0.3, 0.4) is 0 Å². The molecule has 0 saturated heterocycles. The van der Waals surface area contributed by atoms with Crippen molar-refractivity contribution < 1.29 is 23.8 Å². The molecule has 0 unspecified atom stereocenters. The fraction of sp³-hybridized carbons (Fsp3) is 0.522. The van der Waals surface area contributed by atoms with E-state index < -0.39 is 0 Å². The molecule has 178 valence electrons. The highest BCUT2D eigenvalue weighted by molar-refractivity contribution is 7.12. The van der Waals surface area contributed by atoms with Gasteiger partial charge in [0, 0.05) is 49.7 Å². The Bertz CT molecular complexity index is 1110.